The molecule has 1 unspecified atom stereocenters. The second-order valence-corrected chi connectivity index (χ2v) is 9.29. The van der Waals surface area contributed by atoms with E-state index in [1.54, 1.807) is 0 Å². The van der Waals surface area contributed by atoms with Gasteiger partial charge in [-0.1, -0.05) is 45.0 Å². The molecule has 0 N–H and O–H groups in total. The van der Waals surface area contributed by atoms with Gasteiger partial charge in [-0.25, -0.2) is 0 Å². The van der Waals surface area contributed by atoms with E-state index in [0.29, 0.717) is 11.3 Å². The normalized spacial score (nSPS) is 37.7. The van der Waals surface area contributed by atoms with Gasteiger partial charge in [-0.3, -0.25) is 0 Å². The first kappa shape index (κ1) is 16.9. The minimum atomic E-state index is -0.290. The van der Waals surface area contributed by atoms with Gasteiger partial charge in [0.2, 0.25) is 0 Å². The van der Waals surface area contributed by atoms with Gasteiger partial charge in [0.1, 0.15) is 0 Å². The van der Waals surface area contributed by atoms with Crippen LogP contribution >= 0.6 is 11.6 Å². The number of aryl methyl sites for hydroxylation is 1. The van der Waals surface area contributed by atoms with Crippen molar-refractivity contribution in [1.82, 2.24) is 0 Å². The number of halogens is 1. The van der Waals surface area contributed by atoms with Crippen LogP contribution in [0.4, 0.5) is 0 Å². The number of hydrogen-bond donors (Lipinski definition) is 0. The lowest BCUT2D eigenvalue weighted by Crippen LogP contribution is -2.65. The molecule has 2 nitrogen and oxygen atoms in total. The lowest BCUT2D eigenvalue weighted by Gasteiger charge is -2.64. The molecule has 0 radical (unpaired) electrons. The van der Waals surface area contributed by atoms with Gasteiger partial charge in [-0.2, -0.15) is 0 Å². The summed E-state index contributed by atoms with van der Waals surface area (Å²) in [6, 6.07) is 8.68. The van der Waals surface area contributed by atoms with Crippen molar-refractivity contribution < 1.29 is 9.31 Å². The molecule has 5 rings (SSSR count). The van der Waals surface area contributed by atoms with E-state index in [-0.39, 0.29) is 24.1 Å². The van der Waals surface area contributed by atoms with Crippen molar-refractivity contribution in [1.29, 1.82) is 0 Å². The third kappa shape index (κ3) is 2.47. The molecule has 4 aliphatic rings. The Bertz CT molecular complexity index is 634. The van der Waals surface area contributed by atoms with Gasteiger partial charge in [-0.05, 0) is 61.0 Å². The lowest BCUT2D eigenvalue weighted by molar-refractivity contribution is -0.199. The minimum Gasteiger partial charge on any atom is -0.404 e. The molecule has 3 aliphatic carbocycles. The second-order valence-electron chi connectivity index (χ2n) is 8.73. The monoisotopic (exact) mass is 346 g/mol. The Morgan fingerprint density at radius 2 is 2.00 bits per heavy atom. The summed E-state index contributed by atoms with van der Waals surface area (Å²) in [5.41, 5.74) is 2.83. The average molecular weight is 347 g/mol. The van der Waals surface area contributed by atoms with Crippen LogP contribution < -0.4 is 0 Å². The van der Waals surface area contributed by atoms with E-state index in [9.17, 15) is 0 Å². The molecule has 1 aromatic rings. The van der Waals surface area contributed by atoms with Crippen LogP contribution in [0.2, 0.25) is 0 Å². The van der Waals surface area contributed by atoms with Gasteiger partial charge < -0.3 is 9.31 Å². The Kier molecular flexibility index (Phi) is 4.06. The van der Waals surface area contributed by atoms with E-state index in [2.05, 4.69) is 52.0 Å². The highest BCUT2D eigenvalue weighted by Gasteiger charge is 2.68. The molecule has 0 aromatic heterocycles. The Labute approximate surface area is 151 Å². The standard InChI is InChI=1S/C20H28BClO2/c1-5-13-7-6-8-14(9-13)10-18(22)21-23-17-12-15-11-16(19(15,2)3)20(17,4)24-21/h6-9,15-18H,5,10-12H2,1-4H3/t15-,16-,17+,18?,20-/m0/s1. The third-order valence-corrected chi connectivity index (χ3v) is 7.45. The minimum absolute atomic E-state index is 0.139. The van der Waals surface area contributed by atoms with Crippen LogP contribution in [0.3, 0.4) is 0 Å². The molecule has 24 heavy (non-hydrogen) atoms. The highest BCUT2D eigenvalue weighted by atomic mass is 35.5. The van der Waals surface area contributed by atoms with Crippen molar-refractivity contribution in [2.24, 2.45) is 17.3 Å². The highest BCUT2D eigenvalue weighted by Crippen LogP contribution is 2.65. The predicted octanol–water partition coefficient (Wildman–Crippen LogP) is 4.67. The maximum atomic E-state index is 6.73. The lowest BCUT2D eigenvalue weighted by atomic mass is 9.43. The summed E-state index contributed by atoms with van der Waals surface area (Å²) in [7, 11) is -0.290. The summed E-state index contributed by atoms with van der Waals surface area (Å²) in [5, 5.41) is -0.139. The van der Waals surface area contributed by atoms with E-state index < -0.39 is 0 Å². The van der Waals surface area contributed by atoms with Gasteiger partial charge in [-0.15, -0.1) is 11.6 Å². The summed E-state index contributed by atoms with van der Waals surface area (Å²) < 4.78 is 12.8. The molecule has 5 atom stereocenters. The molecule has 1 aromatic carbocycles. The molecular weight excluding hydrogens is 318 g/mol. The molecule has 4 fully saturated rings. The topological polar surface area (TPSA) is 18.5 Å². The number of alkyl halides is 1. The summed E-state index contributed by atoms with van der Waals surface area (Å²) in [6.45, 7) is 9.21. The first-order valence-electron chi connectivity index (χ1n) is 9.39. The van der Waals surface area contributed by atoms with E-state index in [4.69, 9.17) is 20.9 Å². The molecule has 0 amide bonds. The Morgan fingerprint density at radius 3 is 2.71 bits per heavy atom. The van der Waals surface area contributed by atoms with Crippen LogP contribution in [-0.4, -0.2) is 24.1 Å². The summed E-state index contributed by atoms with van der Waals surface area (Å²) in [4.78, 5) is 0. The van der Waals surface area contributed by atoms with Gasteiger partial charge >= 0.3 is 7.12 Å². The van der Waals surface area contributed by atoms with Gasteiger partial charge in [0.05, 0.1) is 17.0 Å². The van der Waals surface area contributed by atoms with E-state index in [1.807, 2.05) is 0 Å². The molecule has 130 valence electrons. The zero-order chi connectivity index (χ0) is 17.1. The average Bonchev–Trinajstić information content (AvgIpc) is 2.92. The zero-order valence-corrected chi connectivity index (χ0v) is 16.0. The second kappa shape index (κ2) is 5.76. The van der Waals surface area contributed by atoms with E-state index in [1.165, 1.54) is 17.5 Å². The van der Waals surface area contributed by atoms with Crippen molar-refractivity contribution in [3.8, 4) is 0 Å². The summed E-state index contributed by atoms with van der Waals surface area (Å²) >= 11 is 6.73. The largest absolute Gasteiger partial charge is 0.477 e. The maximum absolute atomic E-state index is 6.73. The summed E-state index contributed by atoms with van der Waals surface area (Å²) in [5.74, 6) is 1.36. The fourth-order valence-corrected chi connectivity index (χ4v) is 5.64. The first-order valence-corrected chi connectivity index (χ1v) is 9.83. The van der Waals surface area contributed by atoms with Crippen LogP contribution in [0.25, 0.3) is 0 Å². The van der Waals surface area contributed by atoms with Crippen molar-refractivity contribution in [2.45, 2.75) is 70.4 Å². The molecule has 2 bridgehead atoms. The molecule has 1 saturated heterocycles. The van der Waals surface area contributed by atoms with Crippen molar-refractivity contribution in [2.75, 3.05) is 0 Å². The SMILES string of the molecule is CCc1cccc(CC(Cl)B2O[C@@H]3C[C@@H]4C[C@@H](C4(C)C)[C@]3(C)O2)c1. The zero-order valence-electron chi connectivity index (χ0n) is 15.2. The molecular formula is C20H28BClO2. The van der Waals surface area contributed by atoms with Gasteiger partial charge in [0.15, 0.2) is 0 Å². The van der Waals surface area contributed by atoms with Crippen LogP contribution in [0, 0.1) is 17.3 Å². The smallest absolute Gasteiger partial charge is 0.404 e. The quantitative estimate of drug-likeness (QED) is 0.583. The van der Waals surface area contributed by atoms with Crippen LogP contribution in [0.15, 0.2) is 24.3 Å². The van der Waals surface area contributed by atoms with Crippen molar-refractivity contribution >= 4 is 18.7 Å². The third-order valence-electron chi connectivity index (χ3n) is 7.09. The molecule has 0 spiro atoms. The van der Waals surface area contributed by atoms with Crippen LogP contribution in [0.5, 0.6) is 0 Å². The number of hydrogen-bond acceptors (Lipinski definition) is 2. The number of rotatable bonds is 4. The van der Waals surface area contributed by atoms with Crippen molar-refractivity contribution in [3.05, 3.63) is 35.4 Å². The van der Waals surface area contributed by atoms with E-state index >= 15 is 0 Å². The fraction of sp³-hybridized carbons (Fsp3) is 0.700. The van der Waals surface area contributed by atoms with Gasteiger partial charge in [0.25, 0.3) is 0 Å². The summed E-state index contributed by atoms with van der Waals surface area (Å²) in [6.07, 6.45) is 4.45. The number of benzene rings is 1. The highest BCUT2D eigenvalue weighted by molar-refractivity contribution is 6.60. The predicted molar refractivity (Wildman–Crippen MR) is 99.3 cm³/mol. The molecule has 4 heteroatoms. The van der Waals surface area contributed by atoms with Crippen molar-refractivity contribution in [3.63, 3.8) is 0 Å². The van der Waals surface area contributed by atoms with Crippen LogP contribution in [-0.2, 0) is 22.2 Å². The Balaban J connectivity index is 1.46. The first-order chi connectivity index (χ1) is 11.3. The Hall–Kier alpha value is -0.505. The van der Waals surface area contributed by atoms with Crippen LogP contribution in [0.1, 0.15) is 51.7 Å². The molecule has 3 saturated carbocycles. The maximum Gasteiger partial charge on any atom is 0.477 e. The fourth-order valence-electron chi connectivity index (χ4n) is 5.35. The van der Waals surface area contributed by atoms with Gasteiger partial charge in [0, 0.05) is 0 Å². The Morgan fingerprint density at radius 1 is 1.25 bits per heavy atom. The van der Waals surface area contributed by atoms with E-state index in [0.717, 1.165) is 25.2 Å². The molecule has 1 aliphatic heterocycles. The molecule has 1 heterocycles.